The van der Waals surface area contributed by atoms with Crippen molar-refractivity contribution in [2.75, 3.05) is 19.4 Å². The Morgan fingerprint density at radius 2 is 2.15 bits per heavy atom. The number of pyridine rings is 1. The number of hydrogen-bond acceptors (Lipinski definition) is 6. The lowest BCUT2D eigenvalue weighted by molar-refractivity contribution is 0.0956. The minimum absolute atomic E-state index is 0.123. The monoisotopic (exact) mass is 383 g/mol. The maximum Gasteiger partial charge on any atom is 0.251 e. The third kappa shape index (κ3) is 4.65. The number of carbonyl (C=O) groups is 1. The molecular weight excluding hydrogens is 362 g/mol. The number of benzene rings is 1. The molecule has 1 N–H and O–H groups in total. The number of aromatic nitrogens is 4. The topological polar surface area (TPSA) is 81.9 Å². The molecule has 0 aliphatic heterocycles. The third-order valence-corrected chi connectivity index (χ3v) is 4.94. The Bertz CT molecular complexity index is 941. The van der Waals surface area contributed by atoms with Crippen molar-refractivity contribution in [1.29, 1.82) is 0 Å². The fourth-order valence-corrected chi connectivity index (χ4v) is 3.28. The van der Waals surface area contributed by atoms with E-state index in [4.69, 9.17) is 4.74 Å². The Hall–Kier alpha value is -2.87. The van der Waals surface area contributed by atoms with Crippen LogP contribution in [-0.4, -0.2) is 45.1 Å². The van der Waals surface area contributed by atoms with Crippen LogP contribution in [0.5, 0.6) is 5.75 Å². The van der Waals surface area contributed by atoms with Gasteiger partial charge in [0.05, 0.1) is 7.11 Å². The Morgan fingerprint density at radius 3 is 2.89 bits per heavy atom. The highest BCUT2D eigenvalue weighted by molar-refractivity contribution is 7.99. The zero-order valence-corrected chi connectivity index (χ0v) is 16.3. The van der Waals surface area contributed by atoms with E-state index in [9.17, 15) is 4.79 Å². The molecule has 0 unspecified atom stereocenters. The fourth-order valence-electron chi connectivity index (χ4n) is 2.54. The highest BCUT2D eigenvalue weighted by Crippen LogP contribution is 2.28. The largest absolute Gasteiger partial charge is 0.494 e. The average Bonchev–Trinajstić information content (AvgIpc) is 3.10. The van der Waals surface area contributed by atoms with Gasteiger partial charge in [-0.3, -0.25) is 4.79 Å². The smallest absolute Gasteiger partial charge is 0.251 e. The number of ether oxygens (including phenoxy) is 1. The number of rotatable bonds is 7. The highest BCUT2D eigenvalue weighted by atomic mass is 32.2. The van der Waals surface area contributed by atoms with Crippen LogP contribution in [0.15, 0.2) is 47.9 Å². The van der Waals surface area contributed by atoms with Gasteiger partial charge in [-0.05, 0) is 31.2 Å². The number of hydrogen-bond donors (Lipinski definition) is 1. The molecule has 2 aromatic heterocycles. The standard InChI is InChI=1S/C19H21N5O2S/c1-13-7-8-16(26-3)17(22-13)14-5-4-6-15(11-14)18(25)20-9-10-27-19-23-21-12-24(19)2/h4-8,11-12H,9-10H2,1-3H3,(H,20,25). The molecule has 0 aliphatic rings. The molecule has 0 bridgehead atoms. The van der Waals surface area contributed by atoms with Crippen LogP contribution in [0.4, 0.5) is 0 Å². The maximum atomic E-state index is 12.5. The quantitative estimate of drug-likeness (QED) is 0.499. The number of carbonyl (C=O) groups excluding carboxylic acids is 1. The highest BCUT2D eigenvalue weighted by Gasteiger charge is 2.11. The van der Waals surface area contributed by atoms with Crippen molar-refractivity contribution in [2.24, 2.45) is 7.05 Å². The summed E-state index contributed by atoms with van der Waals surface area (Å²) in [5.41, 5.74) is 3.05. The Labute approximate surface area is 162 Å². The summed E-state index contributed by atoms with van der Waals surface area (Å²) >= 11 is 1.55. The number of nitrogens with zero attached hydrogens (tertiary/aromatic N) is 4. The van der Waals surface area contributed by atoms with Gasteiger partial charge >= 0.3 is 0 Å². The Balaban J connectivity index is 1.65. The van der Waals surface area contributed by atoms with Crippen LogP contribution in [-0.2, 0) is 7.05 Å². The summed E-state index contributed by atoms with van der Waals surface area (Å²) in [7, 11) is 3.50. The summed E-state index contributed by atoms with van der Waals surface area (Å²) in [6.45, 7) is 2.46. The first kappa shape index (κ1) is 18.9. The first-order valence-corrected chi connectivity index (χ1v) is 9.44. The van der Waals surface area contributed by atoms with Crippen LogP contribution < -0.4 is 10.1 Å². The minimum atomic E-state index is -0.123. The van der Waals surface area contributed by atoms with Crippen LogP contribution in [0, 0.1) is 6.92 Å². The minimum Gasteiger partial charge on any atom is -0.494 e. The van der Waals surface area contributed by atoms with E-state index in [1.54, 1.807) is 31.3 Å². The van der Waals surface area contributed by atoms with E-state index < -0.39 is 0 Å². The lowest BCUT2D eigenvalue weighted by Crippen LogP contribution is -2.25. The first-order chi connectivity index (χ1) is 13.1. The van der Waals surface area contributed by atoms with Gasteiger partial charge in [-0.2, -0.15) is 0 Å². The summed E-state index contributed by atoms with van der Waals surface area (Å²) in [6.07, 6.45) is 1.65. The Kier molecular flexibility index (Phi) is 6.08. The molecule has 0 atom stereocenters. The molecule has 0 spiro atoms. The molecule has 0 saturated carbocycles. The Morgan fingerprint density at radius 1 is 1.30 bits per heavy atom. The molecule has 7 nitrogen and oxygen atoms in total. The van der Waals surface area contributed by atoms with Gasteiger partial charge in [0.1, 0.15) is 17.8 Å². The van der Waals surface area contributed by atoms with E-state index in [-0.39, 0.29) is 5.91 Å². The second kappa shape index (κ2) is 8.68. The van der Waals surface area contributed by atoms with Gasteiger partial charge in [-0.25, -0.2) is 4.98 Å². The van der Waals surface area contributed by atoms with Gasteiger partial charge < -0.3 is 14.6 Å². The number of thioether (sulfide) groups is 1. The fraction of sp³-hybridized carbons (Fsp3) is 0.263. The van der Waals surface area contributed by atoms with E-state index in [1.807, 2.05) is 48.9 Å². The lowest BCUT2D eigenvalue weighted by atomic mass is 10.1. The van der Waals surface area contributed by atoms with Crippen LogP contribution in [0.1, 0.15) is 16.1 Å². The van der Waals surface area contributed by atoms with Crippen molar-refractivity contribution in [3.63, 3.8) is 0 Å². The molecule has 3 aromatic rings. The predicted octanol–water partition coefficient (Wildman–Crippen LogP) is 2.72. The molecular formula is C19H21N5O2S. The van der Waals surface area contributed by atoms with Gasteiger partial charge in [0, 0.05) is 36.2 Å². The van der Waals surface area contributed by atoms with Gasteiger partial charge in [-0.1, -0.05) is 23.9 Å². The summed E-state index contributed by atoms with van der Waals surface area (Å²) in [4.78, 5) is 17.0. The third-order valence-electron chi connectivity index (χ3n) is 3.90. The molecule has 27 heavy (non-hydrogen) atoms. The zero-order chi connectivity index (χ0) is 19.2. The zero-order valence-electron chi connectivity index (χ0n) is 15.5. The van der Waals surface area contributed by atoms with E-state index in [2.05, 4.69) is 20.5 Å². The van der Waals surface area contributed by atoms with Crippen molar-refractivity contribution in [2.45, 2.75) is 12.1 Å². The molecule has 1 aromatic carbocycles. The van der Waals surface area contributed by atoms with Gasteiger partial charge in [0.15, 0.2) is 5.16 Å². The van der Waals surface area contributed by atoms with Crippen LogP contribution in [0.25, 0.3) is 11.3 Å². The van der Waals surface area contributed by atoms with Crippen LogP contribution in [0.3, 0.4) is 0 Å². The van der Waals surface area contributed by atoms with Gasteiger partial charge in [0.2, 0.25) is 0 Å². The molecule has 1 amide bonds. The van der Waals surface area contributed by atoms with Crippen molar-refractivity contribution in [3.05, 3.63) is 54.0 Å². The summed E-state index contributed by atoms with van der Waals surface area (Å²) < 4.78 is 7.25. The van der Waals surface area contributed by atoms with Gasteiger partial charge in [0.25, 0.3) is 5.91 Å². The molecule has 0 fully saturated rings. The molecule has 8 heteroatoms. The number of methoxy groups -OCH3 is 1. The van der Waals surface area contributed by atoms with E-state index in [1.165, 1.54) is 0 Å². The summed E-state index contributed by atoms with van der Waals surface area (Å²) in [5.74, 6) is 1.27. The van der Waals surface area contributed by atoms with Crippen molar-refractivity contribution < 1.29 is 9.53 Å². The van der Waals surface area contributed by atoms with E-state index in [0.29, 0.717) is 23.6 Å². The second-order valence-electron chi connectivity index (χ2n) is 5.91. The summed E-state index contributed by atoms with van der Waals surface area (Å²) in [5, 5.41) is 11.6. The maximum absolute atomic E-state index is 12.5. The number of nitrogens with one attached hydrogen (secondary N) is 1. The first-order valence-electron chi connectivity index (χ1n) is 8.45. The van der Waals surface area contributed by atoms with E-state index >= 15 is 0 Å². The number of amides is 1. The molecule has 2 heterocycles. The SMILES string of the molecule is COc1ccc(C)nc1-c1cccc(C(=O)NCCSc2nncn2C)c1. The van der Waals surface area contributed by atoms with Crippen molar-refractivity contribution in [1.82, 2.24) is 25.1 Å². The van der Waals surface area contributed by atoms with Crippen molar-refractivity contribution >= 4 is 17.7 Å². The molecule has 0 radical (unpaired) electrons. The number of aryl methyl sites for hydroxylation is 2. The van der Waals surface area contributed by atoms with Gasteiger partial charge in [-0.15, -0.1) is 10.2 Å². The molecule has 3 rings (SSSR count). The summed E-state index contributed by atoms with van der Waals surface area (Å²) in [6, 6.07) is 11.2. The van der Waals surface area contributed by atoms with Crippen molar-refractivity contribution in [3.8, 4) is 17.0 Å². The predicted molar refractivity (Wildman–Crippen MR) is 105 cm³/mol. The molecule has 0 saturated heterocycles. The van der Waals surface area contributed by atoms with Crippen LogP contribution in [0.2, 0.25) is 0 Å². The van der Waals surface area contributed by atoms with E-state index in [0.717, 1.165) is 22.1 Å². The average molecular weight is 383 g/mol. The second-order valence-corrected chi connectivity index (χ2v) is 6.98. The molecule has 140 valence electrons. The lowest BCUT2D eigenvalue weighted by Gasteiger charge is -2.10. The van der Waals surface area contributed by atoms with Crippen LogP contribution >= 0.6 is 11.8 Å². The molecule has 0 aliphatic carbocycles. The normalized spacial score (nSPS) is 10.6.